The van der Waals surface area contributed by atoms with Crippen LogP contribution >= 0.6 is 45.1 Å². The molecule has 0 saturated heterocycles. The molecule has 7 aromatic rings. The number of halogens is 3. The van der Waals surface area contributed by atoms with Crippen LogP contribution in [-0.4, -0.2) is 29.4 Å². The molecule has 394 valence electrons. The van der Waals surface area contributed by atoms with Crippen LogP contribution in [0.4, 0.5) is 18.0 Å². The lowest BCUT2D eigenvalue weighted by atomic mass is 9.99. The fourth-order valence-corrected chi connectivity index (χ4v) is 12.1. The van der Waals surface area contributed by atoms with Crippen LogP contribution in [0, 0.1) is 0 Å². The minimum atomic E-state index is -5.84. The van der Waals surface area contributed by atoms with Gasteiger partial charge in [0.05, 0.1) is 10.9 Å². The van der Waals surface area contributed by atoms with Gasteiger partial charge in [-0.15, -0.1) is 0 Å². The molecule has 14 heteroatoms. The van der Waals surface area contributed by atoms with Gasteiger partial charge in [0.1, 0.15) is 5.60 Å². The monoisotopic (exact) mass is 1120 g/mol. The zero-order valence-electron chi connectivity index (χ0n) is 43.4. The molecule has 0 heterocycles. The van der Waals surface area contributed by atoms with Crippen molar-refractivity contribution < 1.29 is 35.7 Å². The summed E-state index contributed by atoms with van der Waals surface area (Å²) in [6.07, 6.45) is 3.52. The van der Waals surface area contributed by atoms with Crippen molar-refractivity contribution in [1.29, 1.82) is 0 Å². The summed E-state index contributed by atoms with van der Waals surface area (Å²) in [6.45, 7) is 19.1. The molecule has 74 heavy (non-hydrogen) atoms. The van der Waals surface area contributed by atoms with E-state index in [0.29, 0.717) is 17.8 Å². The first-order valence-corrected chi connectivity index (χ1v) is 30.8. The van der Waals surface area contributed by atoms with E-state index in [4.69, 9.17) is 17.7 Å². The Hall–Kier alpha value is -4.54. The van der Waals surface area contributed by atoms with E-state index >= 15 is 0 Å². The number of carbonyl (C=O) groups excluding carboxylic acids is 1. The summed E-state index contributed by atoms with van der Waals surface area (Å²) in [7, 11) is -2.24. The molecule has 0 aromatic heterocycles. The van der Waals surface area contributed by atoms with E-state index < -0.39 is 21.2 Å². The summed E-state index contributed by atoms with van der Waals surface area (Å²) in [4.78, 5) is 21.8. The van der Waals surface area contributed by atoms with Crippen LogP contribution in [0.3, 0.4) is 0 Å². The molecule has 0 amide bonds. The Morgan fingerprint density at radius 3 is 1.12 bits per heavy atom. The van der Waals surface area contributed by atoms with Crippen LogP contribution in [0.25, 0.3) is 0 Å². The number of alkyl halides is 3. The summed E-state index contributed by atoms with van der Waals surface area (Å²) >= 11 is 2.94. The third-order valence-electron chi connectivity index (χ3n) is 11.3. The Balaban J connectivity index is 0.000000227. The quantitative estimate of drug-likeness (QED) is 0.0270. The maximum absolute atomic E-state index is 11.6. The zero-order chi connectivity index (χ0) is 54.3. The number of thioether (sulfide) groups is 1. The van der Waals surface area contributed by atoms with Gasteiger partial charge in [-0.25, -0.2) is 4.79 Å². The average molecular weight is 1120 g/mol. The van der Waals surface area contributed by atoms with Crippen LogP contribution in [0.15, 0.2) is 227 Å². The maximum atomic E-state index is 11.6. The Morgan fingerprint density at radius 2 is 0.797 bits per heavy atom. The maximum Gasteiger partial charge on any atom is 0.522 e. The molecule has 0 spiro atoms. The fourth-order valence-electron chi connectivity index (χ4n) is 6.53. The topological polar surface area (TPSA) is 80.7 Å². The molecule has 0 fully saturated rings. The van der Waals surface area contributed by atoms with Crippen LogP contribution in [0.1, 0.15) is 116 Å². The minimum absolute atomic E-state index is 0.0786. The molecule has 0 bridgehead atoms. The van der Waals surface area contributed by atoms with Crippen LogP contribution in [0.2, 0.25) is 0 Å². The number of rotatable bonds is 15. The molecule has 7 rings (SSSR count). The van der Waals surface area contributed by atoms with Gasteiger partial charge in [0, 0.05) is 24.5 Å². The summed E-state index contributed by atoms with van der Waals surface area (Å²) in [5, 5.41) is -0.251. The molecule has 3 unspecified atom stereocenters. The van der Waals surface area contributed by atoms with Gasteiger partial charge >= 0.3 is 20.9 Å². The van der Waals surface area contributed by atoms with E-state index in [-0.39, 0.29) is 16.2 Å². The number of ether oxygens (including phenoxy) is 1. The first kappa shape index (κ1) is 62.0. The second-order valence-corrected chi connectivity index (χ2v) is 26.0. The second kappa shape index (κ2) is 30.9. The Morgan fingerprint density at radius 1 is 0.500 bits per heavy atom. The number of hydrogen-bond acceptors (Lipinski definition) is 8. The smallest absolute Gasteiger partial charge is 0.452 e. The van der Waals surface area contributed by atoms with Gasteiger partial charge in [-0.05, 0) is 183 Å². The fraction of sp³-hybridized carbons (Fsp3) is 0.283. The largest absolute Gasteiger partial charge is 0.522 e. The minimum Gasteiger partial charge on any atom is -0.452 e. The van der Waals surface area contributed by atoms with Crippen molar-refractivity contribution in [1.82, 2.24) is 0 Å². The lowest BCUT2D eigenvalue weighted by molar-refractivity contribution is -0.0510. The van der Waals surface area contributed by atoms with E-state index in [1.165, 1.54) is 63.8 Å². The molecule has 0 radical (unpaired) electrons. The first-order chi connectivity index (χ1) is 35.1. The molecule has 3 atom stereocenters. The highest BCUT2D eigenvalue weighted by Crippen LogP contribution is 2.39. The molecular formula is C60H68F3O5S6+. The molecule has 0 saturated carbocycles. The van der Waals surface area contributed by atoms with E-state index in [2.05, 4.69) is 217 Å². The van der Waals surface area contributed by atoms with Crippen LogP contribution in [0.5, 0.6) is 0 Å². The lowest BCUT2D eigenvalue weighted by Crippen LogP contribution is -2.21. The molecule has 7 aromatic carbocycles. The lowest BCUT2D eigenvalue weighted by Gasteiger charge is -2.18. The highest BCUT2D eigenvalue weighted by Gasteiger charge is 2.44. The van der Waals surface area contributed by atoms with Crippen molar-refractivity contribution >= 4 is 71.4 Å². The van der Waals surface area contributed by atoms with Gasteiger partial charge in [-0.2, -0.15) is 21.6 Å². The van der Waals surface area contributed by atoms with E-state index in [0.717, 1.165) is 23.1 Å². The third kappa shape index (κ3) is 22.0. The van der Waals surface area contributed by atoms with Crippen molar-refractivity contribution in [2.45, 2.75) is 150 Å². The van der Waals surface area contributed by atoms with Crippen LogP contribution in [-0.2, 0) is 25.7 Å². The number of carbonyl (C=O) groups is 1. The average Bonchev–Trinajstić information content (AvgIpc) is 3.39. The predicted molar refractivity (Wildman–Crippen MR) is 309 cm³/mol. The Bertz CT molecular complexity index is 2700. The van der Waals surface area contributed by atoms with Crippen molar-refractivity contribution in [3.8, 4) is 0 Å². The Kier molecular flexibility index (Phi) is 25.9. The standard InChI is InChI=1S/C24H19S2.C20H26S2.C15H22O2S.CHF3O3S/c1-4-10-20(11-5-1)25-21-16-18-24(19-17-21)26(22-12-6-2-7-13-22)23-14-8-3-9-15-23;1-5-15(3)17-7-11-19(12-8-17)21-22-20-13-9-18(10-14-20)16(4)6-2;1-6-11(2)12-7-9-13(10-8-12)18-14(16)17-15(3,4)5;2-1(3,4)8(5,6)7/h1-19H;7-16H,5-6H2,1-4H3;7-11H,6H2,1-5H3;(H,5,6,7)/q+1;;;. The van der Waals surface area contributed by atoms with Gasteiger partial charge in [0.25, 0.3) is 0 Å². The van der Waals surface area contributed by atoms with E-state index in [1.54, 1.807) is 11.8 Å². The van der Waals surface area contributed by atoms with Gasteiger partial charge < -0.3 is 4.74 Å². The zero-order valence-corrected chi connectivity index (χ0v) is 48.3. The Labute approximate surface area is 458 Å². The summed E-state index contributed by atoms with van der Waals surface area (Å²) in [5.41, 5.74) is -1.77. The highest BCUT2D eigenvalue weighted by molar-refractivity contribution is 8.76. The molecule has 0 aliphatic heterocycles. The van der Waals surface area contributed by atoms with Gasteiger partial charge in [0.2, 0.25) is 0 Å². The van der Waals surface area contributed by atoms with Crippen molar-refractivity contribution in [3.05, 3.63) is 205 Å². The molecular weight excluding hydrogens is 1050 g/mol. The van der Waals surface area contributed by atoms with Crippen molar-refractivity contribution in [2.24, 2.45) is 0 Å². The first-order valence-electron chi connectivity index (χ1n) is 24.4. The van der Waals surface area contributed by atoms with Crippen molar-refractivity contribution in [3.63, 3.8) is 0 Å². The van der Waals surface area contributed by atoms with Gasteiger partial charge in [-0.1, -0.05) is 166 Å². The van der Waals surface area contributed by atoms with E-state index in [1.807, 2.05) is 54.5 Å². The summed E-state index contributed by atoms with van der Waals surface area (Å²) in [6, 6.07) is 67.3. The molecule has 0 aliphatic rings. The van der Waals surface area contributed by atoms with E-state index in [9.17, 15) is 18.0 Å². The summed E-state index contributed by atoms with van der Waals surface area (Å²) < 4.78 is 62.8. The molecule has 1 N–H and O–H groups in total. The number of benzene rings is 7. The van der Waals surface area contributed by atoms with Gasteiger partial charge in [0.15, 0.2) is 14.7 Å². The second-order valence-electron chi connectivity index (χ2n) is 18.1. The third-order valence-corrected chi connectivity index (χ3v) is 18.3. The van der Waals surface area contributed by atoms with Crippen molar-refractivity contribution in [2.75, 3.05) is 0 Å². The molecule has 0 aliphatic carbocycles. The molecule has 5 nitrogen and oxygen atoms in total. The number of hydrogen-bond donors (Lipinski definition) is 1. The normalized spacial score (nSPS) is 12.6. The predicted octanol–water partition coefficient (Wildman–Crippen LogP) is 20.1. The van der Waals surface area contributed by atoms with Crippen LogP contribution < -0.4 is 0 Å². The van der Waals surface area contributed by atoms with Gasteiger partial charge in [-0.3, -0.25) is 4.55 Å². The SMILES string of the molecule is CCC(C)c1ccc(SC(=O)OC(C)(C)C)cc1.CCC(C)c1ccc(SSc2ccc(C(C)CC)cc2)cc1.O=S(=O)(O)C(F)(F)F.c1ccc(Sc2ccc([S+](c3ccccc3)c3ccccc3)cc2)cc1. The highest BCUT2D eigenvalue weighted by atomic mass is 33.1. The summed E-state index contributed by atoms with van der Waals surface area (Å²) in [5.74, 6) is 1.87.